The minimum atomic E-state index is -0.0556. The van der Waals surface area contributed by atoms with Gasteiger partial charge in [-0.1, -0.05) is 0 Å². The Morgan fingerprint density at radius 3 is 2.73 bits per heavy atom. The zero-order chi connectivity index (χ0) is 11.0. The Bertz CT molecular complexity index is 366. The molecule has 1 aliphatic carbocycles. The highest BCUT2D eigenvalue weighted by Gasteiger charge is 2.32. The highest BCUT2D eigenvalue weighted by Crippen LogP contribution is 2.24. The summed E-state index contributed by atoms with van der Waals surface area (Å²) in [5.74, 6) is 0.357. The lowest BCUT2D eigenvalue weighted by molar-refractivity contribution is 0.0593. The molecule has 1 fully saturated rings. The SMILES string of the molecule is Cc1coc(C(=O)N(C)C2CC(N)C2)c1. The number of hydrogen-bond donors (Lipinski definition) is 1. The van der Waals surface area contributed by atoms with Crippen molar-refractivity contribution in [2.24, 2.45) is 5.73 Å². The minimum absolute atomic E-state index is 0.0556. The molecular formula is C11H16N2O2. The Hall–Kier alpha value is -1.29. The molecule has 0 aliphatic heterocycles. The molecule has 82 valence electrons. The van der Waals surface area contributed by atoms with Gasteiger partial charge in [0.25, 0.3) is 5.91 Å². The van der Waals surface area contributed by atoms with Gasteiger partial charge in [0.2, 0.25) is 0 Å². The lowest BCUT2D eigenvalue weighted by Crippen LogP contribution is -2.51. The molecule has 0 saturated heterocycles. The monoisotopic (exact) mass is 208 g/mol. The highest BCUT2D eigenvalue weighted by atomic mass is 16.3. The van der Waals surface area contributed by atoms with Crippen molar-refractivity contribution in [2.45, 2.75) is 31.8 Å². The molecule has 0 bridgehead atoms. The quantitative estimate of drug-likeness (QED) is 0.793. The van der Waals surface area contributed by atoms with Crippen molar-refractivity contribution in [1.29, 1.82) is 0 Å². The summed E-state index contributed by atoms with van der Waals surface area (Å²) in [6, 6.07) is 2.29. The number of aryl methyl sites for hydroxylation is 1. The maximum absolute atomic E-state index is 11.9. The molecule has 1 aromatic heterocycles. The maximum Gasteiger partial charge on any atom is 0.289 e. The fourth-order valence-corrected chi connectivity index (χ4v) is 1.83. The predicted molar refractivity (Wildman–Crippen MR) is 56.5 cm³/mol. The standard InChI is InChI=1S/C11H16N2O2/c1-7-3-10(15-6-7)11(14)13(2)9-4-8(12)5-9/h3,6,8-9H,4-5,12H2,1-2H3. The van der Waals surface area contributed by atoms with Gasteiger partial charge in [-0.05, 0) is 31.4 Å². The van der Waals surface area contributed by atoms with E-state index < -0.39 is 0 Å². The summed E-state index contributed by atoms with van der Waals surface area (Å²) in [4.78, 5) is 13.6. The van der Waals surface area contributed by atoms with Crippen molar-refractivity contribution in [3.63, 3.8) is 0 Å². The second-order valence-corrected chi connectivity index (χ2v) is 4.29. The van der Waals surface area contributed by atoms with Gasteiger partial charge >= 0.3 is 0 Å². The van der Waals surface area contributed by atoms with Crippen LogP contribution in [0.5, 0.6) is 0 Å². The van der Waals surface area contributed by atoms with Gasteiger partial charge in [-0.2, -0.15) is 0 Å². The van der Waals surface area contributed by atoms with Crippen LogP contribution < -0.4 is 5.73 Å². The molecule has 15 heavy (non-hydrogen) atoms. The third-order valence-electron chi connectivity index (χ3n) is 2.96. The predicted octanol–water partition coefficient (Wildman–Crippen LogP) is 1.15. The van der Waals surface area contributed by atoms with Crippen LogP contribution >= 0.6 is 0 Å². The van der Waals surface area contributed by atoms with Gasteiger partial charge < -0.3 is 15.1 Å². The van der Waals surface area contributed by atoms with E-state index in [4.69, 9.17) is 10.2 Å². The van der Waals surface area contributed by atoms with Crippen LogP contribution in [0, 0.1) is 6.92 Å². The molecule has 2 N–H and O–H groups in total. The Morgan fingerprint density at radius 2 is 2.27 bits per heavy atom. The van der Waals surface area contributed by atoms with E-state index in [9.17, 15) is 4.79 Å². The Morgan fingerprint density at radius 1 is 1.60 bits per heavy atom. The van der Waals surface area contributed by atoms with E-state index in [0.717, 1.165) is 18.4 Å². The number of nitrogens with two attached hydrogens (primary N) is 1. The lowest BCUT2D eigenvalue weighted by Gasteiger charge is -2.38. The molecule has 4 heteroatoms. The van der Waals surface area contributed by atoms with Gasteiger partial charge in [-0.15, -0.1) is 0 Å². The largest absolute Gasteiger partial charge is 0.459 e. The van der Waals surface area contributed by atoms with E-state index in [1.54, 1.807) is 24.3 Å². The van der Waals surface area contributed by atoms with Gasteiger partial charge in [-0.25, -0.2) is 0 Å². The van der Waals surface area contributed by atoms with Crippen molar-refractivity contribution in [3.05, 3.63) is 23.7 Å². The van der Waals surface area contributed by atoms with Crippen LogP contribution in [0.1, 0.15) is 29.0 Å². The smallest absolute Gasteiger partial charge is 0.289 e. The first-order chi connectivity index (χ1) is 7.08. The maximum atomic E-state index is 11.9. The minimum Gasteiger partial charge on any atom is -0.459 e. The zero-order valence-corrected chi connectivity index (χ0v) is 9.06. The van der Waals surface area contributed by atoms with E-state index in [1.807, 2.05) is 6.92 Å². The third-order valence-corrected chi connectivity index (χ3v) is 2.96. The number of hydrogen-bond acceptors (Lipinski definition) is 3. The van der Waals surface area contributed by atoms with E-state index in [0.29, 0.717) is 5.76 Å². The molecule has 0 aromatic carbocycles. The number of rotatable bonds is 2. The van der Waals surface area contributed by atoms with Crippen molar-refractivity contribution in [2.75, 3.05) is 7.05 Å². The first-order valence-corrected chi connectivity index (χ1v) is 5.16. The van der Waals surface area contributed by atoms with E-state index in [1.165, 1.54) is 0 Å². The van der Waals surface area contributed by atoms with Crippen molar-refractivity contribution in [1.82, 2.24) is 4.90 Å². The summed E-state index contributed by atoms with van der Waals surface area (Å²) in [5, 5.41) is 0. The van der Waals surface area contributed by atoms with Crippen LogP contribution in [-0.2, 0) is 0 Å². The molecular weight excluding hydrogens is 192 g/mol. The number of amides is 1. The average Bonchev–Trinajstić information content (AvgIpc) is 2.58. The second kappa shape index (κ2) is 3.70. The molecule has 0 atom stereocenters. The van der Waals surface area contributed by atoms with Crippen LogP contribution in [0.4, 0.5) is 0 Å². The molecule has 4 nitrogen and oxygen atoms in total. The lowest BCUT2D eigenvalue weighted by atomic mass is 9.86. The van der Waals surface area contributed by atoms with E-state index >= 15 is 0 Å². The van der Waals surface area contributed by atoms with E-state index in [2.05, 4.69) is 0 Å². The zero-order valence-electron chi connectivity index (χ0n) is 9.06. The molecule has 1 heterocycles. The Kier molecular flexibility index (Phi) is 2.52. The highest BCUT2D eigenvalue weighted by molar-refractivity contribution is 5.91. The fraction of sp³-hybridized carbons (Fsp3) is 0.545. The number of carbonyl (C=O) groups excluding carboxylic acids is 1. The van der Waals surface area contributed by atoms with Gasteiger partial charge in [0, 0.05) is 19.1 Å². The summed E-state index contributed by atoms with van der Waals surface area (Å²) in [7, 11) is 1.80. The first kappa shape index (κ1) is 10.2. The summed E-state index contributed by atoms with van der Waals surface area (Å²) < 4.78 is 5.17. The van der Waals surface area contributed by atoms with Crippen LogP contribution in [0.15, 0.2) is 16.7 Å². The van der Waals surface area contributed by atoms with Crippen LogP contribution in [0.3, 0.4) is 0 Å². The van der Waals surface area contributed by atoms with Gasteiger partial charge in [0.05, 0.1) is 6.26 Å². The summed E-state index contributed by atoms with van der Waals surface area (Å²) in [5.41, 5.74) is 6.66. The topological polar surface area (TPSA) is 59.5 Å². The molecule has 1 aromatic rings. The Balaban J connectivity index is 2.02. The van der Waals surface area contributed by atoms with Gasteiger partial charge in [-0.3, -0.25) is 4.79 Å². The molecule has 1 saturated carbocycles. The van der Waals surface area contributed by atoms with Crippen LogP contribution in [0.2, 0.25) is 0 Å². The van der Waals surface area contributed by atoms with Gasteiger partial charge in [0.15, 0.2) is 5.76 Å². The van der Waals surface area contributed by atoms with Crippen LogP contribution in [0.25, 0.3) is 0 Å². The Labute approximate surface area is 89.0 Å². The fourth-order valence-electron chi connectivity index (χ4n) is 1.83. The number of nitrogens with zero attached hydrogens (tertiary/aromatic N) is 1. The van der Waals surface area contributed by atoms with Crippen LogP contribution in [-0.4, -0.2) is 29.9 Å². The summed E-state index contributed by atoms with van der Waals surface area (Å²) >= 11 is 0. The summed E-state index contributed by atoms with van der Waals surface area (Å²) in [6.07, 6.45) is 3.37. The van der Waals surface area contributed by atoms with Crippen molar-refractivity contribution in [3.8, 4) is 0 Å². The molecule has 1 amide bonds. The molecule has 0 spiro atoms. The second-order valence-electron chi connectivity index (χ2n) is 4.29. The average molecular weight is 208 g/mol. The molecule has 1 aliphatic rings. The third kappa shape index (κ3) is 1.90. The first-order valence-electron chi connectivity index (χ1n) is 5.16. The van der Waals surface area contributed by atoms with E-state index in [-0.39, 0.29) is 18.0 Å². The van der Waals surface area contributed by atoms with Crippen molar-refractivity contribution >= 4 is 5.91 Å². The number of furan rings is 1. The molecule has 0 unspecified atom stereocenters. The summed E-state index contributed by atoms with van der Waals surface area (Å²) in [6.45, 7) is 1.90. The van der Waals surface area contributed by atoms with Gasteiger partial charge in [0.1, 0.15) is 0 Å². The molecule has 0 radical (unpaired) electrons. The van der Waals surface area contributed by atoms with Crippen molar-refractivity contribution < 1.29 is 9.21 Å². The normalized spacial score (nSPS) is 24.7. The molecule has 2 rings (SSSR count). The number of carbonyl (C=O) groups is 1.